The summed E-state index contributed by atoms with van der Waals surface area (Å²) in [6, 6.07) is 33.0. The molecule has 0 aliphatic carbocycles. The Morgan fingerprint density at radius 3 is 2.37 bits per heavy atom. The largest absolute Gasteiger partial charge is 0.464 e. The molecule has 0 radical (unpaired) electrons. The zero-order chi connectivity index (χ0) is 23.8. The third kappa shape index (κ3) is 4.21. The van der Waals surface area contributed by atoms with Crippen molar-refractivity contribution in [1.82, 2.24) is 5.01 Å². The predicted molar refractivity (Wildman–Crippen MR) is 138 cm³/mol. The topological polar surface area (TPSA) is 51.1 Å². The third-order valence-corrected chi connectivity index (χ3v) is 6.79. The van der Waals surface area contributed by atoms with Crippen molar-refractivity contribution in [3.63, 3.8) is 0 Å². The van der Waals surface area contributed by atoms with Crippen molar-refractivity contribution in [2.75, 3.05) is 0 Å². The van der Waals surface area contributed by atoms with Gasteiger partial charge < -0.3 is 9.47 Å². The molecule has 0 bridgehead atoms. The number of benzene rings is 4. The quantitative estimate of drug-likeness (QED) is 0.215. The van der Waals surface area contributed by atoms with E-state index < -0.39 is 5.97 Å². The van der Waals surface area contributed by atoms with Gasteiger partial charge in [0.15, 0.2) is 0 Å². The SMILES string of the molecule is O=C(Oc1ccc([C@H]2Oc3ccccc3[C@H]3CC(c4ccccc4)=NN32)cc1)c1ccc(Br)cc1. The highest BCUT2D eigenvalue weighted by atomic mass is 79.9. The number of halogens is 1. The van der Waals surface area contributed by atoms with E-state index in [4.69, 9.17) is 14.6 Å². The molecule has 0 saturated carbocycles. The Bertz CT molecular complexity index is 1400. The Hall–Kier alpha value is -3.90. The zero-order valence-electron chi connectivity index (χ0n) is 18.7. The van der Waals surface area contributed by atoms with Gasteiger partial charge >= 0.3 is 5.97 Å². The van der Waals surface area contributed by atoms with Gasteiger partial charge in [0.05, 0.1) is 17.3 Å². The van der Waals surface area contributed by atoms with Crippen LogP contribution < -0.4 is 9.47 Å². The molecule has 6 rings (SSSR count). The standard InChI is InChI=1S/C29H21BrN2O3/c30-22-14-10-21(11-15-22)29(33)34-23-16-12-20(13-17-23)28-32-26(24-8-4-5-9-27(24)35-28)18-25(31-32)19-6-2-1-3-7-19/h1-17,26,28H,18H2/t26-,28-/m1/s1. The van der Waals surface area contributed by atoms with Gasteiger partial charge in [0.2, 0.25) is 6.23 Å². The highest BCUT2D eigenvalue weighted by molar-refractivity contribution is 9.10. The Kier molecular flexibility index (Phi) is 5.58. The van der Waals surface area contributed by atoms with Crippen molar-refractivity contribution in [2.24, 2.45) is 5.10 Å². The molecule has 6 heteroatoms. The summed E-state index contributed by atoms with van der Waals surface area (Å²) in [5, 5.41) is 7.04. The Balaban J connectivity index is 1.28. The maximum atomic E-state index is 12.5. The molecule has 2 aliphatic rings. The van der Waals surface area contributed by atoms with Crippen LogP contribution in [0.5, 0.6) is 11.5 Å². The first-order valence-corrected chi connectivity index (χ1v) is 12.2. The molecule has 4 aromatic carbocycles. The van der Waals surface area contributed by atoms with E-state index in [1.165, 1.54) is 0 Å². The van der Waals surface area contributed by atoms with Crippen LogP contribution in [0.15, 0.2) is 113 Å². The van der Waals surface area contributed by atoms with Crippen molar-refractivity contribution < 1.29 is 14.3 Å². The Morgan fingerprint density at radius 1 is 0.886 bits per heavy atom. The molecule has 0 N–H and O–H groups in total. The van der Waals surface area contributed by atoms with E-state index in [0.717, 1.165) is 39.0 Å². The van der Waals surface area contributed by atoms with E-state index in [9.17, 15) is 4.79 Å². The number of carbonyl (C=O) groups excluding carboxylic acids is 1. The van der Waals surface area contributed by atoms with Crippen molar-refractivity contribution in [3.8, 4) is 11.5 Å². The summed E-state index contributed by atoms with van der Waals surface area (Å²) in [4.78, 5) is 12.5. The van der Waals surface area contributed by atoms with Crippen LogP contribution in [0.2, 0.25) is 0 Å². The second kappa shape index (κ2) is 9.04. The highest BCUT2D eigenvalue weighted by Crippen LogP contribution is 2.47. The predicted octanol–water partition coefficient (Wildman–Crippen LogP) is 6.91. The number of ether oxygens (including phenoxy) is 2. The van der Waals surface area contributed by atoms with Crippen LogP contribution in [0.4, 0.5) is 0 Å². The molecule has 0 saturated heterocycles. The van der Waals surface area contributed by atoms with Gasteiger partial charge in [-0.1, -0.05) is 64.5 Å². The number of carbonyl (C=O) groups is 1. The van der Waals surface area contributed by atoms with Crippen LogP contribution in [-0.2, 0) is 0 Å². The summed E-state index contributed by atoms with van der Waals surface area (Å²) in [6.45, 7) is 0. The van der Waals surface area contributed by atoms with Crippen LogP contribution in [0.3, 0.4) is 0 Å². The maximum Gasteiger partial charge on any atom is 0.343 e. The molecule has 0 unspecified atom stereocenters. The smallest absolute Gasteiger partial charge is 0.343 e. The molecular weight excluding hydrogens is 504 g/mol. The fourth-order valence-corrected chi connectivity index (χ4v) is 4.78. The second-order valence-electron chi connectivity index (χ2n) is 8.49. The van der Waals surface area contributed by atoms with Gasteiger partial charge in [-0.05, 0) is 60.2 Å². The summed E-state index contributed by atoms with van der Waals surface area (Å²) >= 11 is 3.38. The summed E-state index contributed by atoms with van der Waals surface area (Å²) in [5.74, 6) is 0.947. The van der Waals surface area contributed by atoms with Gasteiger partial charge in [-0.15, -0.1) is 0 Å². The van der Waals surface area contributed by atoms with E-state index in [2.05, 4.69) is 34.1 Å². The molecule has 0 spiro atoms. The lowest BCUT2D eigenvalue weighted by Gasteiger charge is -2.38. The zero-order valence-corrected chi connectivity index (χ0v) is 20.3. The number of fused-ring (bicyclic) bond motifs is 3. The number of hydrogen-bond donors (Lipinski definition) is 0. The number of rotatable bonds is 4. The highest BCUT2D eigenvalue weighted by Gasteiger charge is 2.40. The monoisotopic (exact) mass is 524 g/mol. The normalized spacial score (nSPS) is 18.2. The number of nitrogens with zero attached hydrogens (tertiary/aromatic N) is 2. The minimum absolute atomic E-state index is 0.0927. The van der Waals surface area contributed by atoms with Crippen LogP contribution in [0.1, 0.15) is 45.7 Å². The first-order valence-electron chi connectivity index (χ1n) is 11.4. The van der Waals surface area contributed by atoms with E-state index in [1.807, 2.05) is 65.7 Å². The van der Waals surface area contributed by atoms with Crippen LogP contribution in [0.25, 0.3) is 0 Å². The van der Waals surface area contributed by atoms with E-state index in [1.54, 1.807) is 24.3 Å². The maximum absolute atomic E-state index is 12.5. The van der Waals surface area contributed by atoms with E-state index in [-0.39, 0.29) is 12.3 Å². The van der Waals surface area contributed by atoms with E-state index in [0.29, 0.717) is 11.3 Å². The lowest BCUT2D eigenvalue weighted by atomic mass is 9.96. The molecule has 0 amide bonds. The summed E-state index contributed by atoms with van der Waals surface area (Å²) in [5.41, 5.74) is 4.73. The fourth-order valence-electron chi connectivity index (χ4n) is 4.51. The van der Waals surface area contributed by atoms with Crippen LogP contribution in [-0.4, -0.2) is 16.7 Å². The molecule has 2 aliphatic heterocycles. The molecule has 172 valence electrons. The molecular formula is C29H21BrN2O3. The molecule has 5 nitrogen and oxygen atoms in total. The van der Waals surface area contributed by atoms with Gasteiger partial charge in [-0.3, -0.25) is 0 Å². The number of para-hydroxylation sites is 1. The van der Waals surface area contributed by atoms with Gasteiger partial charge in [0, 0.05) is 22.0 Å². The minimum Gasteiger partial charge on any atom is -0.464 e. The van der Waals surface area contributed by atoms with Gasteiger partial charge in [0.25, 0.3) is 0 Å². The first-order chi connectivity index (χ1) is 17.2. The van der Waals surface area contributed by atoms with Crippen molar-refractivity contribution in [1.29, 1.82) is 0 Å². The fraction of sp³-hybridized carbons (Fsp3) is 0.103. The van der Waals surface area contributed by atoms with Crippen LogP contribution in [0, 0.1) is 0 Å². The van der Waals surface area contributed by atoms with Gasteiger partial charge in [-0.25, -0.2) is 9.80 Å². The molecule has 35 heavy (non-hydrogen) atoms. The minimum atomic E-state index is -0.398. The molecule has 2 heterocycles. The average molecular weight is 525 g/mol. The lowest BCUT2D eigenvalue weighted by molar-refractivity contribution is -0.0190. The molecule has 4 aromatic rings. The number of hydrazone groups is 1. The van der Waals surface area contributed by atoms with E-state index >= 15 is 0 Å². The summed E-state index contributed by atoms with van der Waals surface area (Å²) in [6.07, 6.45) is 0.427. The summed E-state index contributed by atoms with van der Waals surface area (Å²) < 4.78 is 12.9. The van der Waals surface area contributed by atoms with Gasteiger partial charge in [0.1, 0.15) is 11.5 Å². The van der Waals surface area contributed by atoms with Crippen LogP contribution >= 0.6 is 15.9 Å². The second-order valence-corrected chi connectivity index (χ2v) is 9.40. The van der Waals surface area contributed by atoms with Crippen molar-refractivity contribution in [2.45, 2.75) is 18.7 Å². The molecule has 0 aromatic heterocycles. The lowest BCUT2D eigenvalue weighted by Crippen LogP contribution is -2.33. The van der Waals surface area contributed by atoms with Crippen molar-refractivity contribution >= 4 is 27.6 Å². The summed E-state index contributed by atoms with van der Waals surface area (Å²) in [7, 11) is 0. The Labute approximate surface area is 211 Å². The number of hydrogen-bond acceptors (Lipinski definition) is 5. The molecule has 0 fully saturated rings. The number of esters is 1. The first kappa shape index (κ1) is 21.6. The molecule has 2 atom stereocenters. The van der Waals surface area contributed by atoms with Gasteiger partial charge in [-0.2, -0.15) is 5.10 Å². The van der Waals surface area contributed by atoms with Crippen molar-refractivity contribution in [3.05, 3.63) is 130 Å². The Morgan fingerprint density at radius 2 is 1.60 bits per heavy atom. The average Bonchev–Trinajstić information content (AvgIpc) is 3.36. The third-order valence-electron chi connectivity index (χ3n) is 6.26.